The Labute approximate surface area is 272 Å². The molecule has 0 saturated carbocycles. The van der Waals surface area contributed by atoms with Gasteiger partial charge in [-0.3, -0.25) is 16.0 Å². The number of H-pyrrole nitrogens is 3. The van der Waals surface area contributed by atoms with Gasteiger partial charge >= 0.3 is 0 Å². The fourth-order valence-corrected chi connectivity index (χ4v) is 5.30. The summed E-state index contributed by atoms with van der Waals surface area (Å²) in [6.45, 7) is 4.57. The second kappa shape index (κ2) is 14.4. The summed E-state index contributed by atoms with van der Waals surface area (Å²) in [5.41, 5.74) is 15.6. The molecule has 6 heterocycles. The van der Waals surface area contributed by atoms with Gasteiger partial charge in [-0.05, 0) is 43.3 Å². The second-order valence-electron chi connectivity index (χ2n) is 11.1. The second-order valence-corrected chi connectivity index (χ2v) is 11.1. The molecule has 3 aliphatic heterocycles. The van der Waals surface area contributed by atoms with Crippen LogP contribution in [0.3, 0.4) is 0 Å². The maximum absolute atomic E-state index is 6.38. The van der Waals surface area contributed by atoms with Gasteiger partial charge in [-0.15, -0.1) is 0 Å². The van der Waals surface area contributed by atoms with Crippen LogP contribution in [0.15, 0.2) is 84.9 Å². The van der Waals surface area contributed by atoms with Crippen LogP contribution in [0, 0.1) is 0 Å². The molecule has 0 amide bonds. The van der Waals surface area contributed by atoms with Crippen molar-refractivity contribution in [2.45, 2.75) is 51.5 Å². The van der Waals surface area contributed by atoms with Gasteiger partial charge < -0.3 is 46.9 Å². The standard InChI is InChI=1S/C29H42N18/c1-18-37-26(32-2)45-28(38-18)47(16-21-8-5-12-35-21)17-23-40-25(31)44-29(42-23)46(15-20-7-4-11-34-20)13-9-22-39-24(30)43-27(41-22)36-14-19-6-3-10-33-19/h3-8,10-12,18,22-23,33-35H,9,13-17H2,1-2H3,(H3,31,40,42,44)(H2,32,37,38,45)(H4,30,36,39,41,43). The van der Waals surface area contributed by atoms with Gasteiger partial charge in [0.05, 0.1) is 26.2 Å². The molecule has 0 aromatic carbocycles. The van der Waals surface area contributed by atoms with Crippen LogP contribution in [0.25, 0.3) is 0 Å². The predicted octanol–water partition coefficient (Wildman–Crippen LogP) is -0.764. The highest BCUT2D eigenvalue weighted by molar-refractivity contribution is 6.01. The summed E-state index contributed by atoms with van der Waals surface area (Å²) in [6.07, 6.45) is 5.08. The van der Waals surface area contributed by atoms with E-state index in [1.165, 1.54) is 0 Å². The fourth-order valence-electron chi connectivity index (χ4n) is 5.30. The Kier molecular flexibility index (Phi) is 9.54. The van der Waals surface area contributed by atoms with Gasteiger partial charge in [0.15, 0.2) is 24.0 Å². The van der Waals surface area contributed by atoms with Crippen LogP contribution in [0.5, 0.6) is 0 Å². The van der Waals surface area contributed by atoms with Gasteiger partial charge in [0, 0.05) is 55.7 Å². The summed E-state index contributed by atoms with van der Waals surface area (Å²) in [5.74, 6) is 3.06. The maximum Gasteiger partial charge on any atom is 0.203 e. The molecule has 3 unspecified atom stereocenters. The first-order valence-corrected chi connectivity index (χ1v) is 15.5. The average molecular weight is 643 g/mol. The van der Waals surface area contributed by atoms with E-state index >= 15 is 0 Å². The highest BCUT2D eigenvalue weighted by Gasteiger charge is 2.27. The van der Waals surface area contributed by atoms with Gasteiger partial charge in [0.2, 0.25) is 17.9 Å². The number of aromatic amines is 3. The Morgan fingerprint density at radius 1 is 0.702 bits per heavy atom. The normalized spacial score (nSPS) is 20.6. The third kappa shape index (κ3) is 8.41. The van der Waals surface area contributed by atoms with Crippen LogP contribution in [0.4, 0.5) is 0 Å². The molecule has 3 aromatic heterocycles. The van der Waals surface area contributed by atoms with Crippen molar-refractivity contribution < 1.29 is 0 Å². The molecule has 3 atom stereocenters. The number of hydrogen-bond donors (Lipinski definition) is 10. The average Bonchev–Trinajstić information content (AvgIpc) is 3.86. The lowest BCUT2D eigenvalue weighted by atomic mass is 10.3. The van der Waals surface area contributed by atoms with Crippen molar-refractivity contribution in [2.24, 2.45) is 41.4 Å². The van der Waals surface area contributed by atoms with Gasteiger partial charge in [-0.1, -0.05) is 0 Å². The van der Waals surface area contributed by atoms with Crippen LogP contribution in [0.2, 0.25) is 0 Å². The third-order valence-electron chi connectivity index (χ3n) is 7.50. The molecule has 248 valence electrons. The van der Waals surface area contributed by atoms with Crippen molar-refractivity contribution in [1.82, 2.24) is 51.3 Å². The third-order valence-corrected chi connectivity index (χ3v) is 7.50. The molecule has 12 N–H and O–H groups in total. The van der Waals surface area contributed by atoms with Gasteiger partial charge in [-0.25, -0.2) is 30.0 Å². The number of nitrogens with two attached hydrogens (primary N) is 2. The van der Waals surface area contributed by atoms with Crippen molar-refractivity contribution in [3.8, 4) is 0 Å². The fraction of sp³-hybridized carbons (Fsp3) is 0.379. The van der Waals surface area contributed by atoms with E-state index in [0.29, 0.717) is 68.9 Å². The molecule has 0 spiro atoms. The smallest absolute Gasteiger partial charge is 0.203 e. The minimum atomic E-state index is -0.515. The van der Waals surface area contributed by atoms with Crippen molar-refractivity contribution in [2.75, 3.05) is 20.1 Å². The molecule has 18 heteroatoms. The SMILES string of the molecule is CNC1=NC(C)N=C(N(Cc2ccc[nH]2)CC2N=C(N)NC(N(CCC3N=C(N)NC(NCc4ccc[nH]4)=N3)Cc3ccc[nH]3)=N2)N1. The van der Waals surface area contributed by atoms with E-state index in [2.05, 4.69) is 66.3 Å². The molecule has 47 heavy (non-hydrogen) atoms. The van der Waals surface area contributed by atoms with Crippen molar-refractivity contribution >= 4 is 35.8 Å². The number of rotatable bonds is 11. The van der Waals surface area contributed by atoms with Gasteiger partial charge in [-0.2, -0.15) is 0 Å². The van der Waals surface area contributed by atoms with Crippen LogP contribution >= 0.6 is 0 Å². The molecular formula is C29H42N18. The molecule has 0 radical (unpaired) electrons. The zero-order valence-corrected chi connectivity index (χ0v) is 26.4. The van der Waals surface area contributed by atoms with Crippen molar-refractivity contribution in [3.05, 3.63) is 72.1 Å². The number of aromatic nitrogens is 3. The van der Waals surface area contributed by atoms with E-state index in [1.54, 1.807) is 0 Å². The number of nitrogens with zero attached hydrogens (tertiary/aromatic N) is 8. The van der Waals surface area contributed by atoms with Crippen LogP contribution in [-0.2, 0) is 19.6 Å². The molecule has 3 aromatic rings. The summed E-state index contributed by atoms with van der Waals surface area (Å²) in [7, 11) is 1.82. The zero-order chi connectivity index (χ0) is 32.6. The van der Waals surface area contributed by atoms with Gasteiger partial charge in [0.1, 0.15) is 12.3 Å². The van der Waals surface area contributed by atoms with Crippen molar-refractivity contribution in [1.29, 1.82) is 0 Å². The first-order valence-electron chi connectivity index (χ1n) is 15.5. The lowest BCUT2D eigenvalue weighted by molar-refractivity contribution is 0.348. The number of hydrogen-bond acceptors (Lipinski definition) is 15. The molecule has 0 aliphatic carbocycles. The molecule has 0 saturated heterocycles. The molecule has 18 nitrogen and oxygen atoms in total. The molecular weight excluding hydrogens is 600 g/mol. The lowest BCUT2D eigenvalue weighted by Gasteiger charge is -2.33. The highest BCUT2D eigenvalue weighted by Crippen LogP contribution is 2.14. The highest BCUT2D eigenvalue weighted by atomic mass is 15.4. The summed E-state index contributed by atoms with van der Waals surface area (Å²) in [5, 5.41) is 15.8. The largest absolute Gasteiger partial charge is 0.370 e. The quantitative estimate of drug-likeness (QED) is 0.126. The van der Waals surface area contributed by atoms with Crippen LogP contribution in [-0.4, -0.2) is 99.1 Å². The first-order chi connectivity index (χ1) is 22.9. The minimum absolute atomic E-state index is 0.254. The minimum Gasteiger partial charge on any atom is -0.370 e. The first kappa shape index (κ1) is 31.1. The lowest BCUT2D eigenvalue weighted by Crippen LogP contribution is -2.54. The Hall–Kier alpha value is -5.94. The molecule has 6 rings (SSSR count). The Balaban J connectivity index is 1.19. The van der Waals surface area contributed by atoms with E-state index < -0.39 is 12.3 Å². The van der Waals surface area contributed by atoms with Crippen LogP contribution < -0.4 is 38.1 Å². The van der Waals surface area contributed by atoms with E-state index in [4.69, 9.17) is 26.4 Å². The predicted molar refractivity (Wildman–Crippen MR) is 183 cm³/mol. The summed E-state index contributed by atoms with van der Waals surface area (Å²) in [4.78, 5) is 42.1. The van der Waals surface area contributed by atoms with E-state index in [9.17, 15) is 0 Å². The van der Waals surface area contributed by atoms with E-state index in [1.807, 2.05) is 69.0 Å². The number of aliphatic imine (C=N–C) groups is 6. The summed E-state index contributed by atoms with van der Waals surface area (Å²) >= 11 is 0. The Bertz CT molecular complexity index is 1630. The number of guanidine groups is 6. The Morgan fingerprint density at radius 3 is 2.02 bits per heavy atom. The van der Waals surface area contributed by atoms with Crippen molar-refractivity contribution in [3.63, 3.8) is 0 Å². The molecule has 0 bridgehead atoms. The van der Waals surface area contributed by atoms with Gasteiger partial charge in [0.25, 0.3) is 0 Å². The molecule has 0 fully saturated rings. The monoisotopic (exact) mass is 642 g/mol. The van der Waals surface area contributed by atoms with E-state index in [-0.39, 0.29) is 12.1 Å². The summed E-state index contributed by atoms with van der Waals surface area (Å²) < 4.78 is 0. The molecule has 3 aliphatic rings. The zero-order valence-electron chi connectivity index (χ0n) is 26.4. The number of nitrogens with one attached hydrogen (secondary N) is 8. The van der Waals surface area contributed by atoms with E-state index in [0.717, 1.165) is 17.1 Å². The maximum atomic E-state index is 6.38. The Morgan fingerprint density at radius 2 is 1.34 bits per heavy atom. The van der Waals surface area contributed by atoms with Crippen LogP contribution in [0.1, 0.15) is 30.4 Å². The topological polar surface area (TPSA) is 240 Å². The summed E-state index contributed by atoms with van der Waals surface area (Å²) in [6, 6.07) is 11.9.